The summed E-state index contributed by atoms with van der Waals surface area (Å²) in [6, 6.07) is 11.5. The molecule has 2 N–H and O–H groups in total. The largest absolute Gasteiger partial charge is 0.364 e. The average Bonchev–Trinajstić information content (AvgIpc) is 3.14. The number of benzene rings is 1. The van der Waals surface area contributed by atoms with Gasteiger partial charge in [0.15, 0.2) is 11.6 Å². The number of nitrogens with zero attached hydrogens (tertiary/aromatic N) is 3. The van der Waals surface area contributed by atoms with E-state index in [0.29, 0.717) is 12.4 Å². The van der Waals surface area contributed by atoms with Crippen LogP contribution in [0.5, 0.6) is 0 Å². The number of rotatable bonds is 6. The first kappa shape index (κ1) is 19.8. The Hall–Kier alpha value is -3.53. The Bertz CT molecular complexity index is 1320. The Balaban J connectivity index is 1.44. The van der Waals surface area contributed by atoms with Crippen molar-refractivity contribution in [2.75, 3.05) is 10.0 Å². The molecule has 0 bridgehead atoms. The van der Waals surface area contributed by atoms with E-state index in [9.17, 15) is 17.2 Å². The molecule has 0 saturated heterocycles. The van der Waals surface area contributed by atoms with E-state index in [1.807, 2.05) is 35.7 Å². The van der Waals surface area contributed by atoms with Crippen molar-refractivity contribution < 1.29 is 17.2 Å². The van der Waals surface area contributed by atoms with Crippen molar-refractivity contribution in [3.8, 4) is 0 Å². The number of fused-ring (bicyclic) bond motifs is 1. The highest BCUT2D eigenvalue weighted by Crippen LogP contribution is 2.19. The van der Waals surface area contributed by atoms with E-state index < -0.39 is 21.7 Å². The fourth-order valence-corrected chi connectivity index (χ4v) is 3.88. The van der Waals surface area contributed by atoms with E-state index in [1.54, 1.807) is 0 Å². The third kappa shape index (κ3) is 4.08. The number of pyridine rings is 2. The zero-order valence-corrected chi connectivity index (χ0v) is 16.6. The van der Waals surface area contributed by atoms with Crippen LogP contribution in [0.2, 0.25) is 0 Å². The summed E-state index contributed by atoms with van der Waals surface area (Å²) in [5, 5.41) is 3.09. The number of halogens is 2. The van der Waals surface area contributed by atoms with Crippen molar-refractivity contribution in [1.29, 1.82) is 0 Å². The van der Waals surface area contributed by atoms with Crippen molar-refractivity contribution in [2.45, 2.75) is 18.4 Å². The van der Waals surface area contributed by atoms with Crippen LogP contribution in [0.4, 0.5) is 20.3 Å². The van der Waals surface area contributed by atoms with Gasteiger partial charge in [-0.05, 0) is 43.3 Å². The number of nitrogens with one attached hydrogen (secondary N) is 2. The van der Waals surface area contributed by atoms with Crippen LogP contribution < -0.4 is 10.0 Å². The summed E-state index contributed by atoms with van der Waals surface area (Å²) in [6.07, 6.45) is 3.10. The lowest BCUT2D eigenvalue weighted by Crippen LogP contribution is -2.14. The number of sulfonamides is 1. The first-order valence-corrected chi connectivity index (χ1v) is 10.4. The Morgan fingerprint density at radius 1 is 1.07 bits per heavy atom. The molecule has 1 aromatic carbocycles. The summed E-state index contributed by atoms with van der Waals surface area (Å²) in [5.41, 5.74) is 2.62. The lowest BCUT2D eigenvalue weighted by molar-refractivity contribution is 0.509. The molecule has 0 aliphatic rings. The maximum atomic E-state index is 13.3. The van der Waals surface area contributed by atoms with Crippen LogP contribution >= 0.6 is 0 Å². The summed E-state index contributed by atoms with van der Waals surface area (Å²) >= 11 is 0. The van der Waals surface area contributed by atoms with E-state index in [2.05, 4.69) is 20.0 Å². The second-order valence-electron chi connectivity index (χ2n) is 6.59. The quantitative estimate of drug-likeness (QED) is 0.488. The molecule has 3 aromatic heterocycles. The highest BCUT2D eigenvalue weighted by molar-refractivity contribution is 7.92. The van der Waals surface area contributed by atoms with E-state index >= 15 is 0 Å². The van der Waals surface area contributed by atoms with Gasteiger partial charge in [0, 0.05) is 24.2 Å². The number of anilines is 2. The van der Waals surface area contributed by atoms with Gasteiger partial charge < -0.3 is 9.72 Å². The van der Waals surface area contributed by atoms with Gasteiger partial charge in [-0.15, -0.1) is 0 Å². The molecule has 0 amide bonds. The lowest BCUT2D eigenvalue weighted by Gasteiger charge is -2.09. The van der Waals surface area contributed by atoms with Crippen LogP contribution in [-0.2, 0) is 16.6 Å². The number of hydrogen-bond acceptors (Lipinski definition) is 5. The fraction of sp³-hybridized carbons (Fsp3) is 0.100. The number of hydrogen-bond donors (Lipinski definition) is 2. The van der Waals surface area contributed by atoms with Gasteiger partial charge in [0.1, 0.15) is 16.4 Å². The summed E-state index contributed by atoms with van der Waals surface area (Å²) < 4.78 is 55.3. The van der Waals surface area contributed by atoms with Crippen molar-refractivity contribution >= 4 is 27.2 Å². The minimum atomic E-state index is -3.99. The Morgan fingerprint density at radius 2 is 1.90 bits per heavy atom. The molecular weight excluding hydrogens is 412 g/mol. The van der Waals surface area contributed by atoms with Gasteiger partial charge in [-0.3, -0.25) is 4.72 Å². The minimum absolute atomic E-state index is 0.0850. The SMILES string of the molecule is Cc1cccc2nc(CNc3ccc(S(=O)(=O)Nc4ccc(F)c(F)c4)cn3)cn12. The second-order valence-corrected chi connectivity index (χ2v) is 8.28. The molecule has 7 nitrogen and oxygen atoms in total. The lowest BCUT2D eigenvalue weighted by atomic mass is 10.3. The molecule has 154 valence electrons. The summed E-state index contributed by atoms with van der Waals surface area (Å²) in [4.78, 5) is 8.51. The molecule has 0 aliphatic carbocycles. The van der Waals surface area contributed by atoms with E-state index in [0.717, 1.165) is 35.2 Å². The van der Waals surface area contributed by atoms with Crippen LogP contribution in [0.3, 0.4) is 0 Å². The standard InChI is InChI=1S/C20H17F2N5O2S/c1-13-3-2-4-20-25-15(12-27(13)20)10-23-19-8-6-16(11-24-19)30(28,29)26-14-5-7-17(21)18(22)9-14/h2-9,11-12,26H,10H2,1H3,(H,23,24). The van der Waals surface area contributed by atoms with Crippen LogP contribution in [-0.4, -0.2) is 22.8 Å². The zero-order valence-electron chi connectivity index (χ0n) is 15.8. The Morgan fingerprint density at radius 3 is 2.60 bits per heavy atom. The van der Waals surface area contributed by atoms with Gasteiger partial charge >= 0.3 is 0 Å². The summed E-state index contributed by atoms with van der Waals surface area (Å²) in [7, 11) is -3.99. The molecule has 3 heterocycles. The molecule has 0 radical (unpaired) electrons. The third-order valence-electron chi connectivity index (χ3n) is 4.41. The summed E-state index contributed by atoms with van der Waals surface area (Å²) in [5.74, 6) is -1.73. The second kappa shape index (κ2) is 7.71. The molecule has 30 heavy (non-hydrogen) atoms. The maximum absolute atomic E-state index is 13.3. The molecule has 0 saturated carbocycles. The highest BCUT2D eigenvalue weighted by atomic mass is 32.2. The highest BCUT2D eigenvalue weighted by Gasteiger charge is 2.16. The molecule has 4 aromatic rings. The van der Waals surface area contributed by atoms with Gasteiger partial charge in [0.2, 0.25) is 0 Å². The average molecular weight is 429 g/mol. The molecule has 0 fully saturated rings. The van der Waals surface area contributed by atoms with Crippen LogP contribution in [0, 0.1) is 18.6 Å². The first-order chi connectivity index (χ1) is 14.3. The number of aromatic nitrogens is 3. The molecule has 0 atom stereocenters. The Labute approximate surface area is 171 Å². The molecule has 0 unspecified atom stereocenters. The molecule has 0 spiro atoms. The van der Waals surface area contributed by atoms with Crippen LogP contribution in [0.25, 0.3) is 5.65 Å². The molecule has 4 rings (SSSR count). The number of imidazole rings is 1. The predicted molar refractivity (Wildman–Crippen MR) is 109 cm³/mol. The van der Waals surface area contributed by atoms with Gasteiger partial charge in [0.25, 0.3) is 10.0 Å². The first-order valence-electron chi connectivity index (χ1n) is 8.93. The van der Waals surface area contributed by atoms with Crippen molar-refractivity contribution in [3.63, 3.8) is 0 Å². The van der Waals surface area contributed by atoms with Crippen molar-refractivity contribution in [1.82, 2.24) is 14.4 Å². The normalized spacial score (nSPS) is 11.6. The van der Waals surface area contributed by atoms with E-state index in [-0.39, 0.29) is 10.6 Å². The number of aryl methyl sites for hydroxylation is 1. The van der Waals surface area contributed by atoms with Gasteiger partial charge in [-0.25, -0.2) is 27.2 Å². The van der Waals surface area contributed by atoms with Gasteiger partial charge in [-0.2, -0.15) is 0 Å². The van der Waals surface area contributed by atoms with Gasteiger partial charge in [-0.1, -0.05) is 6.07 Å². The third-order valence-corrected chi connectivity index (χ3v) is 5.78. The zero-order chi connectivity index (χ0) is 21.3. The smallest absolute Gasteiger partial charge is 0.263 e. The Kier molecular flexibility index (Phi) is 5.08. The minimum Gasteiger partial charge on any atom is -0.364 e. The van der Waals surface area contributed by atoms with E-state index in [1.165, 1.54) is 18.3 Å². The van der Waals surface area contributed by atoms with E-state index in [4.69, 9.17) is 0 Å². The van der Waals surface area contributed by atoms with Crippen molar-refractivity contribution in [2.24, 2.45) is 0 Å². The van der Waals surface area contributed by atoms with Crippen LogP contribution in [0.1, 0.15) is 11.4 Å². The predicted octanol–water partition coefficient (Wildman–Crippen LogP) is 3.73. The van der Waals surface area contributed by atoms with Crippen molar-refractivity contribution in [3.05, 3.63) is 83.9 Å². The maximum Gasteiger partial charge on any atom is 0.263 e. The van der Waals surface area contributed by atoms with Gasteiger partial charge in [0.05, 0.1) is 17.9 Å². The summed E-state index contributed by atoms with van der Waals surface area (Å²) in [6.45, 7) is 2.40. The van der Waals surface area contributed by atoms with Crippen LogP contribution in [0.15, 0.2) is 65.8 Å². The fourth-order valence-electron chi connectivity index (χ4n) is 2.88. The molecular formula is C20H17F2N5O2S. The molecule has 10 heteroatoms. The molecule has 0 aliphatic heterocycles. The monoisotopic (exact) mass is 429 g/mol. The topological polar surface area (TPSA) is 88.4 Å².